The first-order chi connectivity index (χ1) is 12.7. The minimum Gasteiger partial charge on any atom is -0.484 e. The van der Waals surface area contributed by atoms with Crippen molar-refractivity contribution in [3.8, 4) is 5.75 Å². The van der Waals surface area contributed by atoms with E-state index in [4.69, 9.17) is 9.47 Å². The molecule has 0 saturated carbocycles. The second-order valence-electron chi connectivity index (χ2n) is 6.12. The van der Waals surface area contributed by atoms with Crippen molar-refractivity contribution in [1.29, 1.82) is 0 Å². The number of hydrogen-bond acceptors (Lipinski definition) is 4. The molecule has 0 aliphatic carbocycles. The van der Waals surface area contributed by atoms with Gasteiger partial charge in [0.2, 0.25) is 0 Å². The van der Waals surface area contributed by atoms with Gasteiger partial charge in [0.25, 0.3) is 5.91 Å². The molecule has 2 aromatic rings. The van der Waals surface area contributed by atoms with Crippen molar-refractivity contribution >= 4 is 21.8 Å². The van der Waals surface area contributed by atoms with Crippen LogP contribution in [0.1, 0.15) is 11.6 Å². The van der Waals surface area contributed by atoms with Crippen LogP contribution in [0, 0.1) is 0 Å². The monoisotopic (exact) mass is 418 g/mol. The molecule has 1 saturated heterocycles. The number of morpholine rings is 1. The summed E-state index contributed by atoms with van der Waals surface area (Å²) in [7, 11) is 0. The lowest BCUT2D eigenvalue weighted by molar-refractivity contribution is -0.123. The number of ether oxygens (including phenoxy) is 2. The Morgan fingerprint density at radius 3 is 2.50 bits per heavy atom. The van der Waals surface area contributed by atoms with Crippen LogP contribution in [0.15, 0.2) is 59.1 Å². The number of halogens is 1. The number of carbonyl (C=O) groups is 1. The lowest BCUT2D eigenvalue weighted by Gasteiger charge is -2.34. The zero-order chi connectivity index (χ0) is 18.2. The van der Waals surface area contributed by atoms with Gasteiger partial charge in [-0.25, -0.2) is 0 Å². The third-order valence-electron chi connectivity index (χ3n) is 4.35. The number of benzene rings is 2. The third kappa shape index (κ3) is 5.56. The highest BCUT2D eigenvalue weighted by Crippen LogP contribution is 2.21. The van der Waals surface area contributed by atoms with Gasteiger partial charge in [0.1, 0.15) is 5.75 Å². The molecule has 2 aromatic carbocycles. The summed E-state index contributed by atoms with van der Waals surface area (Å²) in [6.07, 6.45) is 0. The fraction of sp³-hybridized carbons (Fsp3) is 0.350. The van der Waals surface area contributed by atoms with Crippen molar-refractivity contribution in [2.45, 2.75) is 6.04 Å². The molecule has 1 amide bonds. The molecule has 1 aliphatic rings. The largest absolute Gasteiger partial charge is 0.484 e. The van der Waals surface area contributed by atoms with Gasteiger partial charge in [0.05, 0.1) is 19.3 Å². The topological polar surface area (TPSA) is 50.8 Å². The van der Waals surface area contributed by atoms with Crippen LogP contribution in [0.25, 0.3) is 0 Å². The standard InChI is InChI=1S/C20H23BrN2O3/c21-17-6-8-18(9-7-17)26-15-20(24)22-14-19(16-4-2-1-3-5-16)23-10-12-25-13-11-23/h1-9,19H,10-15H2,(H,22,24)/t19-/m1/s1. The minimum absolute atomic E-state index is 0.00620. The lowest BCUT2D eigenvalue weighted by atomic mass is 10.0. The van der Waals surface area contributed by atoms with Crippen molar-refractivity contribution in [3.05, 3.63) is 64.6 Å². The van der Waals surface area contributed by atoms with E-state index >= 15 is 0 Å². The maximum absolute atomic E-state index is 12.2. The van der Waals surface area contributed by atoms with Gasteiger partial charge in [-0.1, -0.05) is 46.3 Å². The predicted molar refractivity (Wildman–Crippen MR) is 104 cm³/mol. The van der Waals surface area contributed by atoms with Crippen molar-refractivity contribution in [2.75, 3.05) is 39.5 Å². The van der Waals surface area contributed by atoms with Crippen LogP contribution in [0.3, 0.4) is 0 Å². The molecule has 1 atom stereocenters. The van der Waals surface area contributed by atoms with Gasteiger partial charge in [-0.2, -0.15) is 0 Å². The molecule has 1 N–H and O–H groups in total. The second kappa shape index (κ2) is 9.71. The number of nitrogens with zero attached hydrogens (tertiary/aromatic N) is 1. The Morgan fingerprint density at radius 1 is 1.12 bits per heavy atom. The number of hydrogen-bond donors (Lipinski definition) is 1. The van der Waals surface area contributed by atoms with Crippen LogP contribution in [-0.2, 0) is 9.53 Å². The molecule has 0 spiro atoms. The first-order valence-electron chi connectivity index (χ1n) is 8.74. The van der Waals surface area contributed by atoms with Crippen LogP contribution in [0.4, 0.5) is 0 Å². The van der Waals surface area contributed by atoms with E-state index in [1.54, 1.807) is 0 Å². The molecular formula is C20H23BrN2O3. The van der Waals surface area contributed by atoms with Crippen molar-refractivity contribution in [2.24, 2.45) is 0 Å². The number of nitrogens with one attached hydrogen (secondary N) is 1. The number of rotatable bonds is 7. The molecule has 0 radical (unpaired) electrons. The van der Waals surface area contributed by atoms with Crippen molar-refractivity contribution < 1.29 is 14.3 Å². The van der Waals surface area contributed by atoms with Gasteiger partial charge in [0, 0.05) is 24.1 Å². The van der Waals surface area contributed by atoms with Gasteiger partial charge in [0.15, 0.2) is 6.61 Å². The molecule has 1 heterocycles. The fourth-order valence-electron chi connectivity index (χ4n) is 2.96. The van der Waals surface area contributed by atoms with E-state index in [-0.39, 0.29) is 18.6 Å². The molecule has 26 heavy (non-hydrogen) atoms. The maximum atomic E-state index is 12.2. The van der Waals surface area contributed by atoms with Crippen molar-refractivity contribution in [1.82, 2.24) is 10.2 Å². The summed E-state index contributed by atoms with van der Waals surface area (Å²) in [4.78, 5) is 14.6. The molecule has 1 fully saturated rings. The Morgan fingerprint density at radius 2 is 1.81 bits per heavy atom. The van der Waals surface area contributed by atoms with E-state index in [0.29, 0.717) is 12.3 Å². The highest BCUT2D eigenvalue weighted by molar-refractivity contribution is 9.10. The summed E-state index contributed by atoms with van der Waals surface area (Å²) in [6.45, 7) is 3.74. The predicted octanol–water partition coefficient (Wildman–Crippen LogP) is 3.02. The maximum Gasteiger partial charge on any atom is 0.258 e. The SMILES string of the molecule is O=C(COc1ccc(Br)cc1)NC[C@H](c1ccccc1)N1CCOCC1. The molecule has 3 rings (SSSR count). The first-order valence-corrected chi connectivity index (χ1v) is 9.53. The average Bonchev–Trinajstić information content (AvgIpc) is 2.69. The Labute approximate surface area is 162 Å². The molecule has 6 heteroatoms. The molecule has 1 aliphatic heterocycles. The zero-order valence-corrected chi connectivity index (χ0v) is 16.2. The Balaban J connectivity index is 1.54. The van der Waals surface area contributed by atoms with E-state index in [2.05, 4.69) is 38.3 Å². The van der Waals surface area contributed by atoms with Crippen molar-refractivity contribution in [3.63, 3.8) is 0 Å². The molecule has 0 bridgehead atoms. The Hall–Kier alpha value is -1.89. The van der Waals surface area contributed by atoms with Gasteiger partial charge in [-0.05, 0) is 29.8 Å². The Bertz CT molecular complexity index is 688. The quantitative estimate of drug-likeness (QED) is 0.750. The summed E-state index contributed by atoms with van der Waals surface area (Å²) in [5.41, 5.74) is 1.20. The van der Waals surface area contributed by atoms with E-state index in [0.717, 1.165) is 30.8 Å². The summed E-state index contributed by atoms with van der Waals surface area (Å²) in [5, 5.41) is 3.00. The lowest BCUT2D eigenvalue weighted by Crippen LogP contribution is -2.44. The fourth-order valence-corrected chi connectivity index (χ4v) is 3.23. The minimum atomic E-state index is -0.123. The second-order valence-corrected chi connectivity index (χ2v) is 7.04. The van der Waals surface area contributed by atoms with E-state index in [1.165, 1.54) is 5.56 Å². The van der Waals surface area contributed by atoms with Crippen LogP contribution >= 0.6 is 15.9 Å². The van der Waals surface area contributed by atoms with E-state index < -0.39 is 0 Å². The molecule has 138 valence electrons. The molecular weight excluding hydrogens is 396 g/mol. The van der Waals surface area contributed by atoms with E-state index in [1.807, 2.05) is 42.5 Å². The van der Waals surface area contributed by atoms with Gasteiger partial charge in [-0.3, -0.25) is 9.69 Å². The summed E-state index contributed by atoms with van der Waals surface area (Å²) < 4.78 is 12.0. The molecule has 0 aromatic heterocycles. The molecule has 5 nitrogen and oxygen atoms in total. The van der Waals surface area contributed by atoms with Gasteiger partial charge >= 0.3 is 0 Å². The Kier molecular flexibility index (Phi) is 7.05. The van der Waals surface area contributed by atoms with Crippen LogP contribution in [0.2, 0.25) is 0 Å². The smallest absolute Gasteiger partial charge is 0.258 e. The van der Waals surface area contributed by atoms with Gasteiger partial charge in [-0.15, -0.1) is 0 Å². The zero-order valence-electron chi connectivity index (χ0n) is 14.6. The first kappa shape index (κ1) is 18.9. The molecule has 0 unspecified atom stereocenters. The highest BCUT2D eigenvalue weighted by Gasteiger charge is 2.23. The highest BCUT2D eigenvalue weighted by atomic mass is 79.9. The third-order valence-corrected chi connectivity index (χ3v) is 4.88. The van der Waals surface area contributed by atoms with Crippen LogP contribution in [-0.4, -0.2) is 50.3 Å². The summed E-state index contributed by atoms with van der Waals surface area (Å²) in [5.74, 6) is 0.554. The van der Waals surface area contributed by atoms with Gasteiger partial charge < -0.3 is 14.8 Å². The van der Waals surface area contributed by atoms with E-state index in [9.17, 15) is 4.79 Å². The number of carbonyl (C=O) groups excluding carboxylic acids is 1. The summed E-state index contributed by atoms with van der Waals surface area (Å²) in [6, 6.07) is 17.8. The van der Waals surface area contributed by atoms with Crippen LogP contribution < -0.4 is 10.1 Å². The normalized spacial score (nSPS) is 16.0. The average molecular weight is 419 g/mol. The number of amides is 1. The van der Waals surface area contributed by atoms with Crippen LogP contribution in [0.5, 0.6) is 5.75 Å². The summed E-state index contributed by atoms with van der Waals surface area (Å²) >= 11 is 3.38.